The number of carbonyl (C=O) groups is 2. The molecule has 0 aromatic heterocycles. The van der Waals surface area contributed by atoms with Crippen LogP contribution in [-0.4, -0.2) is 52.1 Å². The van der Waals surface area contributed by atoms with Gasteiger partial charge >= 0.3 is 6.09 Å². The van der Waals surface area contributed by atoms with Gasteiger partial charge in [-0.25, -0.2) is 4.79 Å². The number of hydrogen-bond acceptors (Lipinski definition) is 4. The van der Waals surface area contributed by atoms with Crippen molar-refractivity contribution in [3.05, 3.63) is 28.8 Å². The SMILES string of the molecule is CCc1cc(O)c2c(c1)C1CN(C(=O)OC(C)(C)C)CCN1C2=O. The number of hydrogen-bond donors (Lipinski definition) is 1. The molecule has 6 heteroatoms. The monoisotopic (exact) mass is 332 g/mol. The summed E-state index contributed by atoms with van der Waals surface area (Å²) in [6.45, 7) is 8.78. The van der Waals surface area contributed by atoms with E-state index in [1.807, 2.05) is 33.8 Å². The number of aromatic hydroxyl groups is 1. The maximum atomic E-state index is 12.6. The molecule has 2 aliphatic rings. The van der Waals surface area contributed by atoms with Crippen LogP contribution < -0.4 is 0 Å². The number of fused-ring (bicyclic) bond motifs is 3. The van der Waals surface area contributed by atoms with Crippen molar-refractivity contribution in [1.29, 1.82) is 0 Å². The van der Waals surface area contributed by atoms with Gasteiger partial charge in [-0.1, -0.05) is 13.0 Å². The minimum Gasteiger partial charge on any atom is -0.507 e. The number of rotatable bonds is 1. The Kier molecular flexibility index (Phi) is 3.94. The first kappa shape index (κ1) is 16.6. The Morgan fingerprint density at radius 2 is 2.04 bits per heavy atom. The summed E-state index contributed by atoms with van der Waals surface area (Å²) in [6, 6.07) is 3.41. The van der Waals surface area contributed by atoms with Crippen molar-refractivity contribution in [2.24, 2.45) is 0 Å². The average molecular weight is 332 g/mol. The van der Waals surface area contributed by atoms with Crippen LogP contribution in [0.5, 0.6) is 5.75 Å². The fraction of sp³-hybridized carbons (Fsp3) is 0.556. The molecule has 1 N–H and O–H groups in total. The van der Waals surface area contributed by atoms with Crippen LogP contribution in [0.3, 0.4) is 0 Å². The summed E-state index contributed by atoms with van der Waals surface area (Å²) in [6.07, 6.45) is 0.413. The fourth-order valence-corrected chi connectivity index (χ4v) is 3.34. The highest BCUT2D eigenvalue weighted by molar-refractivity contribution is 6.02. The van der Waals surface area contributed by atoms with Crippen molar-refractivity contribution >= 4 is 12.0 Å². The Balaban J connectivity index is 1.88. The van der Waals surface area contributed by atoms with E-state index in [4.69, 9.17) is 4.74 Å². The normalized spacial score (nSPS) is 20.0. The number of phenols is 1. The van der Waals surface area contributed by atoms with Gasteiger partial charge in [0.05, 0.1) is 11.6 Å². The summed E-state index contributed by atoms with van der Waals surface area (Å²) in [4.78, 5) is 28.3. The third-order valence-corrected chi connectivity index (χ3v) is 4.48. The van der Waals surface area contributed by atoms with E-state index in [2.05, 4.69) is 0 Å². The van der Waals surface area contributed by atoms with Gasteiger partial charge in [0.1, 0.15) is 11.4 Å². The van der Waals surface area contributed by atoms with Gasteiger partial charge in [-0.15, -0.1) is 0 Å². The van der Waals surface area contributed by atoms with E-state index in [-0.39, 0.29) is 23.8 Å². The first-order chi connectivity index (χ1) is 11.2. The lowest BCUT2D eigenvalue weighted by atomic mass is 9.98. The van der Waals surface area contributed by atoms with Crippen LogP contribution in [0.4, 0.5) is 4.79 Å². The maximum absolute atomic E-state index is 12.6. The van der Waals surface area contributed by atoms with Crippen molar-refractivity contribution in [2.75, 3.05) is 19.6 Å². The van der Waals surface area contributed by atoms with Gasteiger partial charge in [-0.2, -0.15) is 0 Å². The van der Waals surface area contributed by atoms with Gasteiger partial charge in [0.2, 0.25) is 0 Å². The Labute approximate surface area is 142 Å². The first-order valence-electron chi connectivity index (χ1n) is 8.36. The second kappa shape index (κ2) is 5.69. The van der Waals surface area contributed by atoms with Gasteiger partial charge < -0.3 is 19.6 Å². The molecule has 1 atom stereocenters. The zero-order chi connectivity index (χ0) is 17.6. The number of benzene rings is 1. The molecule has 24 heavy (non-hydrogen) atoms. The first-order valence-corrected chi connectivity index (χ1v) is 8.36. The second-order valence-corrected chi connectivity index (χ2v) is 7.37. The van der Waals surface area contributed by atoms with E-state index in [0.29, 0.717) is 25.2 Å². The van der Waals surface area contributed by atoms with Crippen molar-refractivity contribution in [3.63, 3.8) is 0 Å². The second-order valence-electron chi connectivity index (χ2n) is 7.37. The minimum absolute atomic E-state index is 0.0348. The third-order valence-electron chi connectivity index (χ3n) is 4.48. The molecule has 0 saturated carbocycles. The van der Waals surface area contributed by atoms with Crippen molar-refractivity contribution in [1.82, 2.24) is 9.80 Å². The molecule has 2 heterocycles. The average Bonchev–Trinajstić information content (AvgIpc) is 2.78. The largest absolute Gasteiger partial charge is 0.507 e. The van der Waals surface area contributed by atoms with E-state index >= 15 is 0 Å². The van der Waals surface area contributed by atoms with Gasteiger partial charge in [0, 0.05) is 19.6 Å². The summed E-state index contributed by atoms with van der Waals surface area (Å²) in [5.41, 5.74) is 1.62. The standard InChI is InChI=1S/C18H24N2O4/c1-5-11-8-12-13-10-19(17(23)24-18(2,3)4)6-7-20(13)16(22)15(12)14(21)9-11/h8-9,13,21H,5-7,10H2,1-4H3. The quantitative estimate of drug-likeness (QED) is 0.858. The maximum Gasteiger partial charge on any atom is 0.410 e. The number of aryl methyl sites for hydroxylation is 1. The highest BCUT2D eigenvalue weighted by Crippen LogP contribution is 2.41. The Hall–Kier alpha value is -2.24. The molecular weight excluding hydrogens is 308 g/mol. The summed E-state index contributed by atoms with van der Waals surface area (Å²) >= 11 is 0. The number of ether oxygens (including phenoxy) is 1. The Morgan fingerprint density at radius 3 is 2.67 bits per heavy atom. The molecule has 2 amide bonds. The Bertz CT molecular complexity index is 693. The molecule has 1 aromatic rings. The predicted octanol–water partition coefficient (Wildman–Crippen LogP) is 2.70. The van der Waals surface area contributed by atoms with Crippen LogP contribution in [0.25, 0.3) is 0 Å². The summed E-state index contributed by atoms with van der Waals surface area (Å²) in [5.74, 6) is -0.119. The van der Waals surface area contributed by atoms with E-state index < -0.39 is 5.60 Å². The lowest BCUT2D eigenvalue weighted by molar-refractivity contribution is 0.00655. The molecule has 3 rings (SSSR count). The molecule has 1 saturated heterocycles. The topological polar surface area (TPSA) is 70.1 Å². The van der Waals surface area contributed by atoms with Crippen LogP contribution in [0, 0.1) is 0 Å². The molecule has 0 spiro atoms. The fourth-order valence-electron chi connectivity index (χ4n) is 3.34. The zero-order valence-electron chi connectivity index (χ0n) is 14.6. The Morgan fingerprint density at radius 1 is 1.33 bits per heavy atom. The number of nitrogens with zero attached hydrogens (tertiary/aromatic N) is 2. The predicted molar refractivity (Wildman–Crippen MR) is 89.1 cm³/mol. The van der Waals surface area contributed by atoms with Crippen molar-refractivity contribution in [2.45, 2.75) is 45.8 Å². The highest BCUT2D eigenvalue weighted by atomic mass is 16.6. The van der Waals surface area contributed by atoms with Gasteiger partial charge in [-0.3, -0.25) is 4.79 Å². The molecule has 1 unspecified atom stereocenters. The molecule has 0 aliphatic carbocycles. The lowest BCUT2D eigenvalue weighted by Crippen LogP contribution is -2.50. The molecule has 1 aromatic carbocycles. The molecule has 2 aliphatic heterocycles. The zero-order valence-corrected chi connectivity index (χ0v) is 14.6. The number of phenolic OH excluding ortho intramolecular Hbond substituents is 1. The smallest absolute Gasteiger partial charge is 0.410 e. The number of carbonyl (C=O) groups excluding carboxylic acids is 2. The molecule has 0 radical (unpaired) electrons. The van der Waals surface area contributed by atoms with Gasteiger partial charge in [-0.05, 0) is 44.4 Å². The van der Waals surface area contributed by atoms with Crippen LogP contribution in [0.15, 0.2) is 12.1 Å². The lowest BCUT2D eigenvalue weighted by Gasteiger charge is -2.38. The molecule has 130 valence electrons. The summed E-state index contributed by atoms with van der Waals surface area (Å²) < 4.78 is 5.44. The molecule has 6 nitrogen and oxygen atoms in total. The molecule has 1 fully saturated rings. The number of amides is 2. The van der Waals surface area contributed by atoms with Crippen molar-refractivity contribution in [3.8, 4) is 5.75 Å². The molecular formula is C18H24N2O4. The van der Waals surface area contributed by atoms with Gasteiger partial charge in [0.25, 0.3) is 5.91 Å². The summed E-state index contributed by atoms with van der Waals surface area (Å²) in [5, 5.41) is 10.2. The van der Waals surface area contributed by atoms with E-state index in [1.165, 1.54) is 0 Å². The molecule has 0 bridgehead atoms. The van der Waals surface area contributed by atoms with Crippen LogP contribution >= 0.6 is 0 Å². The van der Waals surface area contributed by atoms with E-state index in [9.17, 15) is 14.7 Å². The summed E-state index contributed by atoms with van der Waals surface area (Å²) in [7, 11) is 0. The van der Waals surface area contributed by atoms with E-state index in [1.54, 1.807) is 15.9 Å². The van der Waals surface area contributed by atoms with Crippen molar-refractivity contribution < 1.29 is 19.4 Å². The number of piperazine rings is 1. The van der Waals surface area contributed by atoms with Gasteiger partial charge in [0.15, 0.2) is 0 Å². The van der Waals surface area contributed by atoms with Crippen LogP contribution in [-0.2, 0) is 11.2 Å². The van der Waals surface area contributed by atoms with E-state index in [0.717, 1.165) is 17.5 Å². The minimum atomic E-state index is -0.550. The third kappa shape index (κ3) is 2.81. The highest BCUT2D eigenvalue weighted by Gasteiger charge is 2.43. The van der Waals surface area contributed by atoms with Crippen LogP contribution in [0.2, 0.25) is 0 Å². The van der Waals surface area contributed by atoms with Crippen LogP contribution in [0.1, 0.15) is 55.2 Å².